The third kappa shape index (κ3) is 3.65. The maximum Gasteiger partial charge on any atom is 0.363 e. The largest absolute Gasteiger partial charge is 0.497 e. The molecule has 0 spiro atoms. The molecule has 0 N–H and O–H groups in total. The SMILES string of the molecule is COc1ccc(C2=N/C(=C/c3csc(-c4ccc(OC)cc4)n3)C(=O)O2)cc1. The van der Waals surface area contributed by atoms with Crippen molar-refractivity contribution in [3.8, 4) is 22.1 Å². The van der Waals surface area contributed by atoms with Crippen LogP contribution in [0.4, 0.5) is 0 Å². The molecule has 0 bridgehead atoms. The number of thiazole rings is 1. The smallest absolute Gasteiger partial charge is 0.363 e. The van der Waals surface area contributed by atoms with Gasteiger partial charge in [0.15, 0.2) is 5.70 Å². The molecule has 4 rings (SSSR count). The lowest BCUT2D eigenvalue weighted by Crippen LogP contribution is -2.05. The van der Waals surface area contributed by atoms with Gasteiger partial charge in [-0.2, -0.15) is 0 Å². The summed E-state index contributed by atoms with van der Waals surface area (Å²) in [4.78, 5) is 21.0. The number of hydrogen-bond donors (Lipinski definition) is 0. The fraction of sp³-hybridized carbons (Fsp3) is 0.0952. The van der Waals surface area contributed by atoms with Gasteiger partial charge in [-0.1, -0.05) is 0 Å². The molecule has 7 heteroatoms. The maximum atomic E-state index is 12.2. The summed E-state index contributed by atoms with van der Waals surface area (Å²) in [5.41, 5.74) is 2.56. The summed E-state index contributed by atoms with van der Waals surface area (Å²) in [7, 11) is 3.22. The summed E-state index contributed by atoms with van der Waals surface area (Å²) >= 11 is 1.49. The van der Waals surface area contributed by atoms with Gasteiger partial charge in [-0.05, 0) is 54.6 Å². The molecule has 2 aromatic carbocycles. The van der Waals surface area contributed by atoms with E-state index in [1.54, 1.807) is 44.6 Å². The molecule has 0 radical (unpaired) electrons. The van der Waals surface area contributed by atoms with Crippen LogP contribution in [-0.2, 0) is 9.53 Å². The number of rotatable bonds is 5. The van der Waals surface area contributed by atoms with Crippen molar-refractivity contribution in [3.05, 3.63) is 70.9 Å². The van der Waals surface area contributed by atoms with Crippen molar-refractivity contribution in [2.24, 2.45) is 4.99 Å². The average molecular weight is 392 g/mol. The molecule has 2 heterocycles. The van der Waals surface area contributed by atoms with Gasteiger partial charge in [-0.25, -0.2) is 14.8 Å². The Morgan fingerprint density at radius 2 is 1.54 bits per heavy atom. The first-order valence-electron chi connectivity index (χ1n) is 8.43. The van der Waals surface area contributed by atoms with Crippen LogP contribution in [0.5, 0.6) is 11.5 Å². The van der Waals surface area contributed by atoms with Crippen molar-refractivity contribution < 1.29 is 19.0 Å². The molecule has 6 nitrogen and oxygen atoms in total. The van der Waals surface area contributed by atoms with Gasteiger partial charge in [-0.3, -0.25) is 0 Å². The van der Waals surface area contributed by atoms with E-state index in [1.165, 1.54) is 11.3 Å². The summed E-state index contributed by atoms with van der Waals surface area (Å²) in [6, 6.07) is 14.8. The monoisotopic (exact) mass is 392 g/mol. The van der Waals surface area contributed by atoms with Crippen LogP contribution in [0.25, 0.3) is 16.6 Å². The van der Waals surface area contributed by atoms with E-state index in [1.807, 2.05) is 29.6 Å². The van der Waals surface area contributed by atoms with Crippen LogP contribution in [-0.4, -0.2) is 31.1 Å². The van der Waals surface area contributed by atoms with Crippen LogP contribution in [0.2, 0.25) is 0 Å². The zero-order valence-corrected chi connectivity index (χ0v) is 16.0. The van der Waals surface area contributed by atoms with E-state index in [-0.39, 0.29) is 11.6 Å². The number of carbonyl (C=O) groups is 1. The van der Waals surface area contributed by atoms with E-state index >= 15 is 0 Å². The summed E-state index contributed by atoms with van der Waals surface area (Å²) in [6.07, 6.45) is 1.63. The lowest BCUT2D eigenvalue weighted by atomic mass is 10.2. The highest BCUT2D eigenvalue weighted by molar-refractivity contribution is 7.13. The Bertz CT molecular complexity index is 1070. The minimum atomic E-state index is -0.496. The minimum Gasteiger partial charge on any atom is -0.497 e. The van der Waals surface area contributed by atoms with Gasteiger partial charge in [-0.15, -0.1) is 11.3 Å². The number of methoxy groups -OCH3 is 2. The van der Waals surface area contributed by atoms with Gasteiger partial charge < -0.3 is 14.2 Å². The molecule has 0 saturated carbocycles. The number of nitrogens with zero attached hydrogens (tertiary/aromatic N) is 2. The minimum absolute atomic E-state index is 0.220. The quantitative estimate of drug-likeness (QED) is 0.481. The molecule has 140 valence electrons. The maximum absolute atomic E-state index is 12.2. The third-order valence-corrected chi connectivity index (χ3v) is 5.01. The molecule has 1 aliphatic rings. The molecular weight excluding hydrogens is 376 g/mol. The average Bonchev–Trinajstić information content (AvgIpc) is 3.35. The van der Waals surface area contributed by atoms with Crippen LogP contribution in [0.1, 0.15) is 11.3 Å². The molecule has 0 amide bonds. The first-order chi connectivity index (χ1) is 13.7. The van der Waals surface area contributed by atoms with E-state index in [2.05, 4.69) is 9.98 Å². The molecule has 1 aliphatic heterocycles. The lowest BCUT2D eigenvalue weighted by Gasteiger charge is -2.01. The predicted molar refractivity (Wildman–Crippen MR) is 108 cm³/mol. The summed E-state index contributed by atoms with van der Waals surface area (Å²) in [6.45, 7) is 0. The lowest BCUT2D eigenvalue weighted by molar-refractivity contribution is -0.129. The van der Waals surface area contributed by atoms with Crippen molar-refractivity contribution in [1.29, 1.82) is 0 Å². The van der Waals surface area contributed by atoms with Crippen LogP contribution in [0.15, 0.2) is 64.6 Å². The van der Waals surface area contributed by atoms with E-state index < -0.39 is 5.97 Å². The van der Waals surface area contributed by atoms with Crippen LogP contribution >= 0.6 is 11.3 Å². The second-order valence-electron chi connectivity index (χ2n) is 5.87. The molecule has 0 atom stereocenters. The van der Waals surface area contributed by atoms with E-state index in [0.717, 1.165) is 22.1 Å². The number of benzene rings is 2. The van der Waals surface area contributed by atoms with E-state index in [9.17, 15) is 4.79 Å². The summed E-state index contributed by atoms with van der Waals surface area (Å²) in [5.74, 6) is 1.28. The highest BCUT2D eigenvalue weighted by Crippen LogP contribution is 2.27. The molecule has 1 aromatic heterocycles. The zero-order valence-electron chi connectivity index (χ0n) is 15.2. The number of aliphatic imine (C=N–C) groups is 1. The molecule has 3 aromatic rings. The Morgan fingerprint density at radius 1 is 0.929 bits per heavy atom. The van der Waals surface area contributed by atoms with Gasteiger partial charge >= 0.3 is 5.97 Å². The van der Waals surface area contributed by atoms with Crippen LogP contribution in [0, 0.1) is 0 Å². The first kappa shape index (κ1) is 17.9. The highest BCUT2D eigenvalue weighted by atomic mass is 32.1. The van der Waals surface area contributed by atoms with Crippen molar-refractivity contribution in [1.82, 2.24) is 4.98 Å². The zero-order chi connectivity index (χ0) is 19.5. The highest BCUT2D eigenvalue weighted by Gasteiger charge is 2.24. The Morgan fingerprint density at radius 3 is 2.14 bits per heavy atom. The topological polar surface area (TPSA) is 70.0 Å². The van der Waals surface area contributed by atoms with Gasteiger partial charge in [0.2, 0.25) is 5.90 Å². The second kappa shape index (κ2) is 7.66. The number of cyclic esters (lactones) is 1. The molecule has 28 heavy (non-hydrogen) atoms. The first-order valence-corrected chi connectivity index (χ1v) is 9.31. The van der Waals surface area contributed by atoms with Crippen molar-refractivity contribution in [3.63, 3.8) is 0 Å². The number of carbonyl (C=O) groups excluding carboxylic acids is 1. The number of ether oxygens (including phenoxy) is 3. The van der Waals surface area contributed by atoms with Gasteiger partial charge in [0.05, 0.1) is 19.9 Å². The standard InChI is InChI=1S/C21H16N2O4S/c1-25-16-7-3-13(4-8-16)19-23-18(21(24)27-19)11-15-12-28-20(22-15)14-5-9-17(26-2)10-6-14/h3-12H,1-2H3/b18-11+. The van der Waals surface area contributed by atoms with Crippen molar-refractivity contribution in [2.75, 3.05) is 14.2 Å². The van der Waals surface area contributed by atoms with E-state index in [0.29, 0.717) is 11.3 Å². The third-order valence-electron chi connectivity index (χ3n) is 4.10. The van der Waals surface area contributed by atoms with Crippen LogP contribution in [0.3, 0.4) is 0 Å². The number of esters is 1. The summed E-state index contributed by atoms with van der Waals surface area (Å²) in [5, 5.41) is 2.72. The predicted octanol–water partition coefficient (Wildman–Crippen LogP) is 4.17. The molecular formula is C21H16N2O4S. The second-order valence-corrected chi connectivity index (χ2v) is 6.73. The molecule has 0 unspecified atom stereocenters. The van der Waals surface area contributed by atoms with E-state index in [4.69, 9.17) is 14.2 Å². The molecule has 0 saturated heterocycles. The van der Waals surface area contributed by atoms with Gasteiger partial charge in [0, 0.05) is 16.5 Å². The fourth-order valence-corrected chi connectivity index (χ4v) is 3.41. The van der Waals surface area contributed by atoms with Crippen molar-refractivity contribution >= 4 is 29.3 Å². The summed E-state index contributed by atoms with van der Waals surface area (Å²) < 4.78 is 15.6. The fourth-order valence-electron chi connectivity index (χ4n) is 2.62. The normalized spacial score (nSPS) is 14.7. The van der Waals surface area contributed by atoms with Crippen LogP contribution < -0.4 is 9.47 Å². The van der Waals surface area contributed by atoms with Crippen molar-refractivity contribution in [2.45, 2.75) is 0 Å². The Kier molecular flexibility index (Phi) is 4.90. The number of hydrogen-bond acceptors (Lipinski definition) is 7. The Hall–Kier alpha value is -3.45. The van der Waals surface area contributed by atoms with Gasteiger partial charge in [0.25, 0.3) is 0 Å². The number of aromatic nitrogens is 1. The molecule has 0 aliphatic carbocycles. The Labute approximate surface area is 165 Å². The van der Waals surface area contributed by atoms with Gasteiger partial charge in [0.1, 0.15) is 16.5 Å². The Balaban J connectivity index is 1.57. The molecule has 0 fully saturated rings.